The van der Waals surface area contributed by atoms with Gasteiger partial charge >= 0.3 is 6.03 Å². The van der Waals surface area contributed by atoms with Crippen molar-refractivity contribution < 1.29 is 38.5 Å². The zero-order chi connectivity index (χ0) is 48.8. The van der Waals surface area contributed by atoms with Crippen molar-refractivity contribution >= 4 is 67.2 Å². The van der Waals surface area contributed by atoms with Gasteiger partial charge in [-0.05, 0) is 54.1 Å². The summed E-state index contributed by atoms with van der Waals surface area (Å²) in [6.07, 6.45) is 0. The summed E-state index contributed by atoms with van der Waals surface area (Å²) < 4.78 is 23.4. The Bertz CT molecular complexity index is 2510. The maximum atomic E-state index is 13.1. The van der Waals surface area contributed by atoms with Crippen molar-refractivity contribution in [2.24, 2.45) is 15.1 Å². The molecule has 0 spiro atoms. The molecule has 0 saturated carbocycles. The number of fused-ring (bicyclic) bond motifs is 1. The molecule has 5 aliphatic heterocycles. The molecule has 1 atom stereocenters. The van der Waals surface area contributed by atoms with Crippen molar-refractivity contribution in [1.82, 2.24) is 30.2 Å². The van der Waals surface area contributed by atoms with Crippen LogP contribution in [-0.4, -0.2) is 172 Å². The second-order valence-corrected chi connectivity index (χ2v) is 18.0. The molecule has 0 aromatic heterocycles. The zero-order valence-corrected chi connectivity index (χ0v) is 41.9. The van der Waals surface area contributed by atoms with Gasteiger partial charge in [0.05, 0.1) is 53.3 Å². The minimum atomic E-state index is -1.57. The highest BCUT2D eigenvalue weighted by molar-refractivity contribution is 9.10. The number of amidine groups is 3. The first-order valence-electron chi connectivity index (χ1n) is 22.4. The van der Waals surface area contributed by atoms with Crippen LogP contribution in [-0.2, 0) is 25.5 Å². The van der Waals surface area contributed by atoms with E-state index >= 15 is 0 Å². The number of morpholine rings is 3. The van der Waals surface area contributed by atoms with Crippen molar-refractivity contribution in [2.75, 3.05) is 107 Å². The predicted octanol–water partition coefficient (Wildman–Crippen LogP) is 5.06. The second kappa shape index (κ2) is 24.3. The Labute approximate surface area is 418 Å². The van der Waals surface area contributed by atoms with E-state index in [0.717, 1.165) is 95.4 Å². The number of amides is 4. The van der Waals surface area contributed by atoms with Crippen LogP contribution in [0.25, 0.3) is 0 Å². The Balaban J connectivity index is 0.000000180. The van der Waals surface area contributed by atoms with Crippen LogP contribution in [0.1, 0.15) is 38.2 Å². The van der Waals surface area contributed by atoms with Crippen LogP contribution in [0, 0.1) is 11.8 Å². The number of oxime groups is 1. The average molecular weight is 1070 g/mol. The van der Waals surface area contributed by atoms with Crippen LogP contribution >= 0.6 is 31.9 Å². The summed E-state index contributed by atoms with van der Waals surface area (Å²) in [4.78, 5) is 54.8. The number of benzene rings is 4. The highest BCUT2D eigenvalue weighted by Crippen LogP contribution is 2.29. The number of rotatable bonds is 6. The molecule has 5 aliphatic rings. The highest BCUT2D eigenvalue weighted by Gasteiger charge is 2.48. The van der Waals surface area contributed by atoms with Gasteiger partial charge in [-0.15, -0.1) is 0 Å². The van der Waals surface area contributed by atoms with Crippen LogP contribution in [0.5, 0.6) is 5.75 Å². The number of aliphatic imine (C=N–C) groups is 2. The summed E-state index contributed by atoms with van der Waals surface area (Å²) in [5.74, 6) is 8.24. The Hall–Kier alpha value is -6.30. The maximum absolute atomic E-state index is 13.1. The number of hydrogen-bond donors (Lipinski definition) is 3. The van der Waals surface area contributed by atoms with Crippen LogP contribution < -0.4 is 15.4 Å². The largest absolute Gasteiger partial charge is 0.497 e. The molecule has 3 N–H and O–H groups in total. The quantitative estimate of drug-likeness (QED) is 0.0587. The molecule has 0 bridgehead atoms. The number of carbonyl (C=O) groups is 3. The monoisotopic (exact) mass is 1070 g/mol. The molecule has 0 aliphatic carbocycles. The lowest BCUT2D eigenvalue weighted by Gasteiger charge is -2.29. The summed E-state index contributed by atoms with van der Waals surface area (Å²) in [5, 5.41) is 17.4. The van der Waals surface area contributed by atoms with E-state index in [-0.39, 0.29) is 12.5 Å². The molecule has 4 aromatic rings. The minimum absolute atomic E-state index is 0.0881. The van der Waals surface area contributed by atoms with E-state index in [9.17, 15) is 14.4 Å². The van der Waals surface area contributed by atoms with Gasteiger partial charge in [0.15, 0.2) is 5.84 Å². The number of nitrogens with one attached hydrogen (secondary N) is 2. The molecule has 9 rings (SSSR count). The number of imide groups is 1. The van der Waals surface area contributed by atoms with Crippen LogP contribution in [0.15, 0.2) is 115 Å². The van der Waals surface area contributed by atoms with Crippen LogP contribution in [0.3, 0.4) is 0 Å². The van der Waals surface area contributed by atoms with E-state index in [2.05, 4.69) is 91.4 Å². The first kappa shape index (κ1) is 50.6. The molecule has 19 heteroatoms. The molecule has 4 amide bonds. The number of halogens is 2. The Kier molecular flexibility index (Phi) is 17.8. The van der Waals surface area contributed by atoms with Crippen LogP contribution in [0.4, 0.5) is 4.79 Å². The fourth-order valence-electron chi connectivity index (χ4n) is 8.23. The normalized spacial score (nSPS) is 19.6. The minimum Gasteiger partial charge on any atom is -0.497 e. The van der Waals surface area contributed by atoms with Crippen molar-refractivity contribution in [2.45, 2.75) is 12.1 Å². The van der Waals surface area contributed by atoms with Gasteiger partial charge in [0.2, 0.25) is 5.54 Å². The first-order chi connectivity index (χ1) is 33.5. The molecule has 362 valence electrons. The van der Waals surface area contributed by atoms with E-state index in [1.807, 2.05) is 78.7 Å². The fraction of sp³-hybridized carbons (Fsp3) is 0.360. The molecule has 4 fully saturated rings. The predicted molar refractivity (Wildman–Crippen MR) is 269 cm³/mol. The van der Waals surface area contributed by atoms with Crippen molar-refractivity contribution in [3.05, 3.63) is 133 Å². The smallest absolute Gasteiger partial charge is 0.323 e. The van der Waals surface area contributed by atoms with Gasteiger partial charge in [-0.3, -0.25) is 24.9 Å². The lowest BCUT2D eigenvalue weighted by Crippen LogP contribution is -2.54. The summed E-state index contributed by atoms with van der Waals surface area (Å²) >= 11 is 6.82. The molecule has 4 saturated heterocycles. The van der Waals surface area contributed by atoms with Gasteiger partial charge in [0.25, 0.3) is 11.8 Å². The summed E-state index contributed by atoms with van der Waals surface area (Å²) in [5.41, 5.74) is 3.45. The van der Waals surface area contributed by atoms with Gasteiger partial charge < -0.3 is 49.1 Å². The number of ether oxygens (including phenoxy) is 4. The molecule has 0 unspecified atom stereocenters. The standard InChI is InChI=1S/C27H27N5O5.C12H15BrN2O.C11H13BrN2O2/c1-28-23(31-11-13-37-14-12-31)19-5-3-18(4-6-19)9-10-27(25(34)29-26(35)30-27)17-32-16-20-7-8-21(36-2)15-22(20)24(32)33;1-14-12(15-6-8-16-9-7-15)10-2-4-11(13)5-3-10;12-10-3-1-9(2-4-10)11(13-15)14-5-7-16-8-6-14/h3-8,15H,11-14,16-17H2,1-2H3,(H2,29,30,34,35);2-5H,6-9H2,1H3;1-4,15H,5-8H2/t27-;;/m1../s1. The lowest BCUT2D eigenvalue weighted by molar-refractivity contribution is -0.122. The number of urea groups is 1. The third-order valence-electron chi connectivity index (χ3n) is 11.8. The topological polar surface area (TPSA) is 182 Å². The van der Waals surface area contributed by atoms with Crippen molar-refractivity contribution in [1.29, 1.82) is 0 Å². The number of methoxy groups -OCH3 is 1. The van der Waals surface area contributed by atoms with Crippen molar-refractivity contribution in [3.8, 4) is 17.6 Å². The third-order valence-corrected chi connectivity index (χ3v) is 12.8. The molecule has 0 radical (unpaired) electrons. The zero-order valence-electron chi connectivity index (χ0n) is 38.8. The molecular weight excluding hydrogens is 1010 g/mol. The highest BCUT2D eigenvalue weighted by atomic mass is 79.9. The molecule has 4 aromatic carbocycles. The fourth-order valence-corrected chi connectivity index (χ4v) is 8.76. The van der Waals surface area contributed by atoms with Crippen molar-refractivity contribution in [3.63, 3.8) is 0 Å². The summed E-state index contributed by atoms with van der Waals surface area (Å²) in [6.45, 7) is 9.38. The van der Waals surface area contributed by atoms with Gasteiger partial charge in [-0.25, -0.2) is 4.79 Å². The Morgan fingerprint density at radius 2 is 1.16 bits per heavy atom. The molecule has 5 heterocycles. The first-order valence-corrected chi connectivity index (χ1v) is 24.0. The Morgan fingerprint density at radius 3 is 1.59 bits per heavy atom. The van der Waals surface area contributed by atoms with E-state index in [0.29, 0.717) is 55.7 Å². The number of nitrogens with zero attached hydrogens (tertiary/aromatic N) is 7. The summed E-state index contributed by atoms with van der Waals surface area (Å²) in [7, 11) is 5.14. The second-order valence-electron chi connectivity index (χ2n) is 16.2. The van der Waals surface area contributed by atoms with E-state index < -0.39 is 17.5 Å². The van der Waals surface area contributed by atoms with Gasteiger partial charge in [-0.1, -0.05) is 91.3 Å². The van der Waals surface area contributed by atoms with E-state index in [1.165, 1.54) is 12.0 Å². The SMILES string of the molecule is CN=C(c1ccc(Br)cc1)N1CCOCC1.CN=C(c1ccc(C#C[C@]2(CN3Cc4ccc(OC)cc4C3=O)NC(=O)NC2=O)cc1)N1CCOCC1.ON=C(c1ccc(Br)cc1)N1CCOCC1. The average Bonchev–Trinajstić information content (AvgIpc) is 3.85. The number of carbonyl (C=O) groups excluding carboxylic acids is 3. The van der Waals surface area contributed by atoms with Gasteiger partial charge in [-0.2, -0.15) is 0 Å². The maximum Gasteiger partial charge on any atom is 0.323 e. The molecule has 69 heavy (non-hydrogen) atoms. The van der Waals surface area contributed by atoms with E-state index in [1.54, 1.807) is 19.2 Å². The van der Waals surface area contributed by atoms with Crippen LogP contribution in [0.2, 0.25) is 0 Å². The Morgan fingerprint density at radius 1 is 0.696 bits per heavy atom. The molecule has 17 nitrogen and oxygen atoms in total. The van der Waals surface area contributed by atoms with Gasteiger partial charge in [0, 0.05) is 96.7 Å². The summed E-state index contributed by atoms with van der Waals surface area (Å²) in [6, 6.07) is 28.2. The van der Waals surface area contributed by atoms with E-state index in [4.69, 9.17) is 24.2 Å². The van der Waals surface area contributed by atoms with Gasteiger partial charge in [0.1, 0.15) is 17.4 Å². The molecular formula is C50H55Br2N9O8. The third kappa shape index (κ3) is 12.9. The number of hydrogen-bond acceptors (Lipinski definition) is 11. The lowest BCUT2D eigenvalue weighted by atomic mass is 9.99.